The van der Waals surface area contributed by atoms with E-state index in [4.69, 9.17) is 23.2 Å². The second kappa shape index (κ2) is 8.85. The number of rotatable bonds is 7. The second-order valence-corrected chi connectivity index (χ2v) is 7.64. The maximum Gasteiger partial charge on any atom is 0.390 e. The van der Waals surface area contributed by atoms with Crippen molar-refractivity contribution >= 4 is 40.6 Å². The maximum atomic E-state index is 12.5. The Balaban J connectivity index is 1.70. The molecule has 0 aliphatic heterocycles. The number of halogens is 2. The third-order valence-corrected chi connectivity index (χ3v) is 5.43. The van der Waals surface area contributed by atoms with E-state index in [2.05, 4.69) is 15.5 Å². The number of benzene rings is 1. The molecule has 1 amide bonds. The number of anilines is 1. The monoisotopic (exact) mass is 450 g/mol. The van der Waals surface area contributed by atoms with Crippen LogP contribution in [-0.4, -0.2) is 30.4 Å². The molecular formula is C19H20Cl2N6O3. The maximum absolute atomic E-state index is 12.5. The van der Waals surface area contributed by atoms with Crippen molar-refractivity contribution < 1.29 is 9.72 Å². The van der Waals surface area contributed by atoms with Gasteiger partial charge in [-0.25, -0.2) is 0 Å². The number of nitro groups is 1. The van der Waals surface area contributed by atoms with Crippen LogP contribution in [0, 0.1) is 30.9 Å². The molecule has 158 valence electrons. The van der Waals surface area contributed by atoms with Gasteiger partial charge in [-0.3, -0.25) is 9.48 Å². The summed E-state index contributed by atoms with van der Waals surface area (Å²) in [6, 6.07) is 6.67. The van der Waals surface area contributed by atoms with Gasteiger partial charge < -0.3 is 15.4 Å². The Morgan fingerprint density at radius 2 is 1.83 bits per heavy atom. The van der Waals surface area contributed by atoms with Crippen LogP contribution in [0.4, 0.5) is 11.5 Å². The predicted molar refractivity (Wildman–Crippen MR) is 114 cm³/mol. The zero-order chi connectivity index (χ0) is 22.0. The number of nitrogens with one attached hydrogen (secondary N) is 1. The van der Waals surface area contributed by atoms with E-state index in [9.17, 15) is 14.9 Å². The lowest BCUT2D eigenvalue weighted by molar-refractivity contribution is -0.389. The Morgan fingerprint density at radius 1 is 1.17 bits per heavy atom. The molecule has 1 N–H and O–H groups in total. The molecular weight excluding hydrogens is 431 g/mol. The van der Waals surface area contributed by atoms with Crippen LogP contribution < -0.4 is 5.32 Å². The van der Waals surface area contributed by atoms with E-state index < -0.39 is 4.92 Å². The van der Waals surface area contributed by atoms with Crippen molar-refractivity contribution in [2.24, 2.45) is 0 Å². The first kappa shape index (κ1) is 21.8. The number of nitrogens with zero attached hydrogens (tertiary/aromatic N) is 5. The van der Waals surface area contributed by atoms with Crippen LogP contribution in [0.15, 0.2) is 24.3 Å². The molecule has 0 fully saturated rings. The van der Waals surface area contributed by atoms with E-state index in [1.165, 1.54) is 10.7 Å². The smallest absolute Gasteiger partial charge is 0.358 e. The number of hydrogen-bond acceptors (Lipinski definition) is 5. The van der Waals surface area contributed by atoms with Gasteiger partial charge in [0.05, 0.1) is 47.0 Å². The van der Waals surface area contributed by atoms with Gasteiger partial charge in [0, 0.05) is 22.0 Å². The van der Waals surface area contributed by atoms with Gasteiger partial charge in [0.25, 0.3) is 0 Å². The Bertz CT molecular complexity index is 1100. The molecule has 0 saturated carbocycles. The van der Waals surface area contributed by atoms with Crippen molar-refractivity contribution in [3.05, 3.63) is 67.1 Å². The normalized spacial score (nSPS) is 11.0. The van der Waals surface area contributed by atoms with Crippen molar-refractivity contribution in [2.75, 3.05) is 5.32 Å². The fraction of sp³-hybridized carbons (Fsp3) is 0.316. The highest BCUT2D eigenvalue weighted by Gasteiger charge is 2.18. The highest BCUT2D eigenvalue weighted by Crippen LogP contribution is 2.27. The van der Waals surface area contributed by atoms with Crippen LogP contribution in [0.1, 0.15) is 29.1 Å². The van der Waals surface area contributed by atoms with Gasteiger partial charge in [-0.05, 0) is 37.8 Å². The van der Waals surface area contributed by atoms with Gasteiger partial charge >= 0.3 is 5.82 Å². The van der Waals surface area contributed by atoms with E-state index in [1.54, 1.807) is 36.7 Å². The molecule has 0 atom stereocenters. The van der Waals surface area contributed by atoms with Gasteiger partial charge in [-0.15, -0.1) is 0 Å². The summed E-state index contributed by atoms with van der Waals surface area (Å²) in [5.74, 6) is -0.479. The molecule has 3 aromatic rings. The first-order chi connectivity index (χ1) is 14.2. The number of amides is 1. The predicted octanol–water partition coefficient (Wildman–Crippen LogP) is 4.30. The van der Waals surface area contributed by atoms with Crippen molar-refractivity contribution in [3.63, 3.8) is 0 Å². The second-order valence-electron chi connectivity index (χ2n) is 6.83. The summed E-state index contributed by atoms with van der Waals surface area (Å²) in [7, 11) is 0. The summed E-state index contributed by atoms with van der Waals surface area (Å²) in [5, 5.41) is 23.2. The summed E-state index contributed by atoms with van der Waals surface area (Å²) in [5.41, 5.74) is 3.41. The SMILES string of the molecule is Cc1nn(Cc2c(Cl)cccc2Cl)c(C)c1NC(=O)CCn1nc([N+](=O)[O-])cc1C. The summed E-state index contributed by atoms with van der Waals surface area (Å²) < 4.78 is 3.18. The fourth-order valence-corrected chi connectivity index (χ4v) is 3.60. The van der Waals surface area contributed by atoms with Gasteiger partial charge in [0.1, 0.15) is 0 Å². The van der Waals surface area contributed by atoms with E-state index in [0.717, 1.165) is 11.3 Å². The summed E-state index contributed by atoms with van der Waals surface area (Å²) in [6.45, 7) is 5.95. The molecule has 0 aliphatic rings. The van der Waals surface area contributed by atoms with Crippen LogP contribution in [0.3, 0.4) is 0 Å². The average molecular weight is 451 g/mol. The Hall–Kier alpha value is -2.91. The summed E-state index contributed by atoms with van der Waals surface area (Å²) in [6.07, 6.45) is 0.111. The molecule has 0 saturated heterocycles. The van der Waals surface area contributed by atoms with E-state index in [0.29, 0.717) is 33.7 Å². The quantitative estimate of drug-likeness (QED) is 0.426. The molecule has 9 nitrogen and oxygen atoms in total. The molecule has 1 aromatic carbocycles. The minimum atomic E-state index is -0.560. The van der Waals surface area contributed by atoms with Gasteiger partial charge in [-0.2, -0.15) is 9.78 Å². The lowest BCUT2D eigenvalue weighted by Crippen LogP contribution is -2.16. The molecule has 11 heteroatoms. The average Bonchev–Trinajstić information content (AvgIpc) is 3.18. The molecule has 30 heavy (non-hydrogen) atoms. The molecule has 0 spiro atoms. The fourth-order valence-electron chi connectivity index (χ4n) is 3.08. The van der Waals surface area contributed by atoms with Crippen molar-refractivity contribution in [1.29, 1.82) is 0 Å². The lowest BCUT2D eigenvalue weighted by Gasteiger charge is -2.10. The number of aryl methyl sites for hydroxylation is 3. The third kappa shape index (κ3) is 4.63. The zero-order valence-corrected chi connectivity index (χ0v) is 18.2. The summed E-state index contributed by atoms with van der Waals surface area (Å²) >= 11 is 12.5. The number of aromatic nitrogens is 4. The topological polar surface area (TPSA) is 108 Å². The van der Waals surface area contributed by atoms with Gasteiger partial charge in [0.15, 0.2) is 0 Å². The first-order valence-corrected chi connectivity index (χ1v) is 9.88. The molecule has 2 aromatic heterocycles. The Morgan fingerprint density at radius 3 is 2.43 bits per heavy atom. The minimum Gasteiger partial charge on any atom is -0.358 e. The van der Waals surface area contributed by atoms with Crippen LogP contribution in [0.2, 0.25) is 10.0 Å². The standard InChI is InChI=1S/C19H20Cl2N6O3/c1-11-9-17(27(29)30)24-25(11)8-7-18(28)22-19-12(2)23-26(13(19)3)10-14-15(20)5-4-6-16(14)21/h4-6,9H,7-8,10H2,1-3H3,(H,22,28). The first-order valence-electron chi connectivity index (χ1n) is 9.13. The summed E-state index contributed by atoms with van der Waals surface area (Å²) in [4.78, 5) is 22.7. The third-order valence-electron chi connectivity index (χ3n) is 4.72. The molecule has 3 rings (SSSR count). The van der Waals surface area contributed by atoms with Crippen LogP contribution in [-0.2, 0) is 17.9 Å². The van der Waals surface area contributed by atoms with E-state index >= 15 is 0 Å². The van der Waals surface area contributed by atoms with E-state index in [1.807, 2.05) is 6.92 Å². The Kier molecular flexibility index (Phi) is 6.42. The number of carbonyl (C=O) groups is 1. The zero-order valence-electron chi connectivity index (χ0n) is 16.6. The Labute approximate surface area is 182 Å². The molecule has 2 heterocycles. The van der Waals surface area contributed by atoms with Crippen LogP contribution in [0.5, 0.6) is 0 Å². The van der Waals surface area contributed by atoms with Crippen molar-refractivity contribution in [2.45, 2.75) is 40.3 Å². The number of carbonyl (C=O) groups excluding carboxylic acids is 1. The van der Waals surface area contributed by atoms with Crippen LogP contribution in [0.25, 0.3) is 0 Å². The van der Waals surface area contributed by atoms with Gasteiger partial charge in [-0.1, -0.05) is 29.3 Å². The molecule has 0 radical (unpaired) electrons. The van der Waals surface area contributed by atoms with E-state index in [-0.39, 0.29) is 24.7 Å². The van der Waals surface area contributed by atoms with Crippen molar-refractivity contribution in [3.8, 4) is 0 Å². The highest BCUT2D eigenvalue weighted by atomic mass is 35.5. The molecule has 0 unspecified atom stereocenters. The minimum absolute atomic E-state index is 0.111. The molecule has 0 bridgehead atoms. The highest BCUT2D eigenvalue weighted by molar-refractivity contribution is 6.35. The largest absolute Gasteiger partial charge is 0.390 e. The van der Waals surface area contributed by atoms with Gasteiger partial charge in [0.2, 0.25) is 5.91 Å². The number of hydrogen-bond donors (Lipinski definition) is 1. The lowest BCUT2D eigenvalue weighted by atomic mass is 10.2. The van der Waals surface area contributed by atoms with Crippen LogP contribution >= 0.6 is 23.2 Å². The van der Waals surface area contributed by atoms with Crippen molar-refractivity contribution in [1.82, 2.24) is 19.6 Å². The molecule has 0 aliphatic carbocycles.